The van der Waals surface area contributed by atoms with E-state index in [0.717, 1.165) is 22.1 Å². The number of carbonyl (C=O) groups is 1. The highest BCUT2D eigenvalue weighted by Crippen LogP contribution is 2.25. The third-order valence-electron chi connectivity index (χ3n) is 4.45. The van der Waals surface area contributed by atoms with Crippen LogP contribution in [0.5, 0.6) is 5.75 Å². The minimum atomic E-state index is -0.504. The molecule has 0 aliphatic carbocycles. The van der Waals surface area contributed by atoms with Crippen LogP contribution >= 0.6 is 0 Å². The number of carbonyl (C=O) groups excluding carboxylic acids is 1. The summed E-state index contributed by atoms with van der Waals surface area (Å²) in [5.74, 6) is -0.0553. The lowest BCUT2D eigenvalue weighted by Crippen LogP contribution is -2.09. The van der Waals surface area contributed by atoms with Crippen LogP contribution in [0.1, 0.15) is 32.6 Å². The highest BCUT2D eigenvalue weighted by Gasteiger charge is 2.16. The normalized spacial score (nSPS) is 10.8. The predicted molar refractivity (Wildman–Crippen MR) is 98.8 cm³/mol. The Labute approximate surface area is 151 Å². The third-order valence-corrected chi connectivity index (χ3v) is 4.45. The molecule has 0 aliphatic rings. The molecule has 0 atom stereocenters. The summed E-state index contributed by atoms with van der Waals surface area (Å²) in [5, 5.41) is 0.761. The van der Waals surface area contributed by atoms with Crippen molar-refractivity contribution in [1.29, 1.82) is 0 Å². The molecule has 3 aromatic rings. The summed E-state index contributed by atoms with van der Waals surface area (Å²) in [4.78, 5) is 24.4. The average molecular weight is 352 g/mol. The summed E-state index contributed by atoms with van der Waals surface area (Å²) in [6.07, 6.45) is 0. The monoisotopic (exact) mass is 352 g/mol. The topological polar surface area (TPSA) is 65.7 Å². The quantitative estimate of drug-likeness (QED) is 0.523. The fraction of sp³-hybridized carbons (Fsp3) is 0.238. The van der Waals surface area contributed by atoms with Crippen LogP contribution in [0.15, 0.2) is 45.6 Å². The van der Waals surface area contributed by atoms with Crippen LogP contribution in [0.2, 0.25) is 0 Å². The summed E-state index contributed by atoms with van der Waals surface area (Å²) in [7, 11) is 1.50. The number of hydrogen-bond donors (Lipinski definition) is 0. The summed E-state index contributed by atoms with van der Waals surface area (Å²) in [6, 6.07) is 10.5. The molecule has 5 nitrogen and oxygen atoms in total. The molecular formula is C21H20O5. The smallest absolute Gasteiger partial charge is 0.342 e. The Hall–Kier alpha value is -3.08. The van der Waals surface area contributed by atoms with Crippen molar-refractivity contribution in [2.24, 2.45) is 0 Å². The van der Waals surface area contributed by atoms with E-state index in [2.05, 4.69) is 0 Å². The van der Waals surface area contributed by atoms with Crippen molar-refractivity contribution in [2.45, 2.75) is 27.4 Å². The standard InChI is InChI=1S/C21H20O5/c1-12-5-8-18(24-4)17(9-12)21(23)25-11-15-10-19(22)26-20-14(3)13(2)6-7-16(15)20/h5-10H,11H2,1-4H3. The van der Waals surface area contributed by atoms with Gasteiger partial charge in [-0.15, -0.1) is 0 Å². The fourth-order valence-electron chi connectivity index (χ4n) is 2.85. The Morgan fingerprint density at radius 2 is 1.85 bits per heavy atom. The lowest BCUT2D eigenvalue weighted by Gasteiger charge is -2.11. The lowest BCUT2D eigenvalue weighted by molar-refractivity contribution is 0.0470. The van der Waals surface area contributed by atoms with Crippen molar-refractivity contribution >= 4 is 16.9 Å². The molecule has 0 N–H and O–H groups in total. The molecule has 0 fully saturated rings. The molecule has 1 aromatic heterocycles. The number of ether oxygens (including phenoxy) is 2. The van der Waals surface area contributed by atoms with Gasteiger partial charge >= 0.3 is 11.6 Å². The minimum absolute atomic E-state index is 0.0273. The van der Waals surface area contributed by atoms with E-state index in [1.807, 2.05) is 39.0 Å². The molecule has 0 aliphatic heterocycles. The Morgan fingerprint density at radius 1 is 1.08 bits per heavy atom. The van der Waals surface area contributed by atoms with Crippen LogP contribution in [0.4, 0.5) is 0 Å². The maximum atomic E-state index is 12.5. The zero-order valence-corrected chi connectivity index (χ0v) is 15.2. The molecule has 0 saturated carbocycles. The van der Waals surface area contributed by atoms with Gasteiger partial charge in [0, 0.05) is 17.0 Å². The largest absolute Gasteiger partial charge is 0.496 e. The van der Waals surface area contributed by atoms with E-state index in [1.165, 1.54) is 13.2 Å². The molecule has 0 saturated heterocycles. The second-order valence-electron chi connectivity index (χ2n) is 6.25. The van der Waals surface area contributed by atoms with E-state index in [4.69, 9.17) is 13.9 Å². The lowest BCUT2D eigenvalue weighted by atomic mass is 10.0. The summed E-state index contributed by atoms with van der Waals surface area (Å²) in [6.45, 7) is 5.71. The van der Waals surface area contributed by atoms with E-state index in [1.54, 1.807) is 12.1 Å². The number of rotatable bonds is 4. The van der Waals surface area contributed by atoms with Crippen molar-refractivity contribution in [3.05, 3.63) is 74.6 Å². The summed E-state index contributed by atoms with van der Waals surface area (Å²) < 4.78 is 16.0. The van der Waals surface area contributed by atoms with E-state index in [0.29, 0.717) is 22.5 Å². The molecule has 134 valence electrons. The van der Waals surface area contributed by atoms with Crippen LogP contribution in [0.25, 0.3) is 11.0 Å². The second kappa shape index (κ2) is 7.04. The highest BCUT2D eigenvalue weighted by molar-refractivity contribution is 5.93. The first-order chi connectivity index (χ1) is 12.4. The van der Waals surface area contributed by atoms with Gasteiger partial charge in [0.05, 0.1) is 7.11 Å². The SMILES string of the molecule is COc1ccc(C)cc1C(=O)OCc1cc(=O)oc2c(C)c(C)ccc12. The Kier molecular flexibility index (Phi) is 4.80. The number of esters is 1. The first-order valence-corrected chi connectivity index (χ1v) is 8.25. The Bertz CT molecular complexity index is 1050. The van der Waals surface area contributed by atoms with Gasteiger partial charge in [0.15, 0.2) is 0 Å². The molecule has 1 heterocycles. The predicted octanol–water partition coefficient (Wildman–Crippen LogP) is 4.08. The average Bonchev–Trinajstić information content (AvgIpc) is 2.62. The molecule has 26 heavy (non-hydrogen) atoms. The fourth-order valence-corrected chi connectivity index (χ4v) is 2.85. The van der Waals surface area contributed by atoms with E-state index in [9.17, 15) is 9.59 Å². The zero-order chi connectivity index (χ0) is 18.8. The van der Waals surface area contributed by atoms with E-state index >= 15 is 0 Å². The van der Waals surface area contributed by atoms with Crippen LogP contribution in [0, 0.1) is 20.8 Å². The van der Waals surface area contributed by atoms with Crippen molar-refractivity contribution in [3.63, 3.8) is 0 Å². The van der Waals surface area contributed by atoms with Crippen LogP contribution in [0.3, 0.4) is 0 Å². The van der Waals surface area contributed by atoms with Gasteiger partial charge in [-0.1, -0.05) is 23.8 Å². The van der Waals surface area contributed by atoms with E-state index in [-0.39, 0.29) is 6.61 Å². The molecule has 0 bridgehead atoms. The molecular weight excluding hydrogens is 332 g/mol. The molecule has 5 heteroatoms. The first kappa shape index (κ1) is 17.7. The van der Waals surface area contributed by atoms with Gasteiger partial charge in [-0.25, -0.2) is 9.59 Å². The van der Waals surface area contributed by atoms with Crippen LogP contribution < -0.4 is 10.4 Å². The maximum Gasteiger partial charge on any atom is 0.342 e. The maximum absolute atomic E-state index is 12.5. The van der Waals surface area contributed by atoms with Crippen LogP contribution in [-0.4, -0.2) is 13.1 Å². The van der Waals surface area contributed by atoms with Gasteiger partial charge < -0.3 is 13.9 Å². The van der Waals surface area contributed by atoms with E-state index < -0.39 is 11.6 Å². The number of hydrogen-bond acceptors (Lipinski definition) is 5. The number of fused-ring (bicyclic) bond motifs is 1. The van der Waals surface area contributed by atoms with Gasteiger partial charge in [-0.05, 0) is 44.0 Å². The van der Waals surface area contributed by atoms with Crippen molar-refractivity contribution < 1.29 is 18.7 Å². The van der Waals surface area contributed by atoms with Gasteiger partial charge in [0.2, 0.25) is 0 Å². The molecule has 2 aromatic carbocycles. The molecule has 3 rings (SSSR count). The highest BCUT2D eigenvalue weighted by atomic mass is 16.5. The minimum Gasteiger partial charge on any atom is -0.496 e. The molecule has 0 unspecified atom stereocenters. The van der Waals surface area contributed by atoms with Crippen LogP contribution in [-0.2, 0) is 11.3 Å². The van der Waals surface area contributed by atoms with Gasteiger partial charge in [-0.2, -0.15) is 0 Å². The zero-order valence-electron chi connectivity index (χ0n) is 15.2. The first-order valence-electron chi connectivity index (χ1n) is 8.25. The number of methoxy groups -OCH3 is 1. The number of aryl methyl sites for hydroxylation is 3. The second-order valence-corrected chi connectivity index (χ2v) is 6.25. The third kappa shape index (κ3) is 3.33. The molecule has 0 spiro atoms. The molecule has 0 amide bonds. The van der Waals surface area contributed by atoms with Gasteiger partial charge in [-0.3, -0.25) is 0 Å². The molecule has 0 radical (unpaired) electrons. The van der Waals surface area contributed by atoms with Crippen molar-refractivity contribution in [1.82, 2.24) is 0 Å². The van der Waals surface area contributed by atoms with Gasteiger partial charge in [0.25, 0.3) is 0 Å². The van der Waals surface area contributed by atoms with Crippen molar-refractivity contribution in [2.75, 3.05) is 7.11 Å². The van der Waals surface area contributed by atoms with Crippen molar-refractivity contribution in [3.8, 4) is 5.75 Å². The summed E-state index contributed by atoms with van der Waals surface area (Å²) in [5.41, 5.74) is 3.87. The van der Waals surface area contributed by atoms with Gasteiger partial charge in [0.1, 0.15) is 23.5 Å². The summed E-state index contributed by atoms with van der Waals surface area (Å²) >= 11 is 0. The number of benzene rings is 2. The Morgan fingerprint density at radius 3 is 2.58 bits per heavy atom. The Balaban J connectivity index is 1.93.